The number of hydrogen-bond donors (Lipinski definition) is 0. The lowest BCUT2D eigenvalue weighted by atomic mass is 9.75. The van der Waals surface area contributed by atoms with Gasteiger partial charge in [-0.25, -0.2) is 0 Å². The highest BCUT2D eigenvalue weighted by Gasteiger charge is 2.31. The van der Waals surface area contributed by atoms with Crippen LogP contribution in [0.1, 0.15) is 34.9 Å². The standard InChI is InChI=1S/C21H17ClN2O3/c22-17-6-7-20(24(26)27)19(14-17)21(16-8-11-23-12-9-16)18(10-13-25)15-4-2-1-3-5-15/h1-9,11-14,18,21H,10H2/t18-,21+/m0/s1. The van der Waals surface area contributed by atoms with Crippen molar-refractivity contribution in [3.05, 3.63) is 105 Å². The van der Waals surface area contributed by atoms with Crippen molar-refractivity contribution in [1.29, 1.82) is 0 Å². The minimum atomic E-state index is -0.417. The van der Waals surface area contributed by atoms with Crippen LogP contribution in [-0.4, -0.2) is 16.2 Å². The molecule has 0 N–H and O–H groups in total. The van der Waals surface area contributed by atoms with Crippen molar-refractivity contribution in [2.75, 3.05) is 0 Å². The van der Waals surface area contributed by atoms with Crippen molar-refractivity contribution in [2.45, 2.75) is 18.3 Å². The van der Waals surface area contributed by atoms with Gasteiger partial charge in [0.25, 0.3) is 5.69 Å². The molecule has 2 atom stereocenters. The van der Waals surface area contributed by atoms with Crippen LogP contribution in [0.2, 0.25) is 5.02 Å². The molecule has 0 aliphatic heterocycles. The van der Waals surface area contributed by atoms with Crippen molar-refractivity contribution in [1.82, 2.24) is 4.98 Å². The van der Waals surface area contributed by atoms with Gasteiger partial charge < -0.3 is 4.79 Å². The highest BCUT2D eigenvalue weighted by Crippen LogP contribution is 2.44. The van der Waals surface area contributed by atoms with Crippen LogP contribution in [0.25, 0.3) is 0 Å². The Labute approximate surface area is 161 Å². The maximum Gasteiger partial charge on any atom is 0.273 e. The first kappa shape index (κ1) is 18.7. The molecule has 5 nitrogen and oxygen atoms in total. The number of aromatic nitrogens is 1. The number of nitro groups is 1. The molecule has 3 aromatic rings. The van der Waals surface area contributed by atoms with E-state index in [-0.39, 0.29) is 18.0 Å². The Morgan fingerprint density at radius 2 is 1.74 bits per heavy atom. The summed E-state index contributed by atoms with van der Waals surface area (Å²) in [5.41, 5.74) is 2.23. The molecule has 0 spiro atoms. The number of aldehydes is 1. The first-order chi connectivity index (χ1) is 13.1. The van der Waals surface area contributed by atoms with E-state index in [0.717, 1.165) is 17.4 Å². The van der Waals surface area contributed by atoms with Gasteiger partial charge in [-0.1, -0.05) is 41.9 Å². The topological polar surface area (TPSA) is 73.1 Å². The Hall–Kier alpha value is -3.05. The summed E-state index contributed by atoms with van der Waals surface area (Å²) in [5, 5.41) is 12.1. The lowest BCUT2D eigenvalue weighted by Crippen LogP contribution is -2.15. The molecule has 0 fully saturated rings. The summed E-state index contributed by atoms with van der Waals surface area (Å²) in [5.74, 6) is -0.692. The van der Waals surface area contributed by atoms with Gasteiger partial charge in [-0.15, -0.1) is 0 Å². The molecule has 0 aliphatic carbocycles. The summed E-state index contributed by atoms with van der Waals surface area (Å²) in [6, 6.07) is 17.7. The third-order valence-corrected chi connectivity index (χ3v) is 4.80. The monoisotopic (exact) mass is 380 g/mol. The second kappa shape index (κ2) is 8.56. The highest BCUT2D eigenvalue weighted by atomic mass is 35.5. The predicted octanol–water partition coefficient (Wildman–Crippen LogP) is 5.15. The van der Waals surface area contributed by atoms with E-state index in [1.54, 1.807) is 18.5 Å². The number of nitrogens with zero attached hydrogens (tertiary/aromatic N) is 2. The van der Waals surface area contributed by atoms with Crippen LogP contribution in [0.5, 0.6) is 0 Å². The number of rotatable bonds is 7. The van der Waals surface area contributed by atoms with Crippen LogP contribution in [-0.2, 0) is 4.79 Å². The molecular weight excluding hydrogens is 364 g/mol. The zero-order valence-electron chi connectivity index (χ0n) is 14.4. The molecule has 0 radical (unpaired) electrons. The van der Waals surface area contributed by atoms with Crippen molar-refractivity contribution < 1.29 is 9.72 Å². The van der Waals surface area contributed by atoms with Gasteiger partial charge in [-0.3, -0.25) is 15.1 Å². The fourth-order valence-corrected chi connectivity index (χ4v) is 3.59. The average Bonchev–Trinajstić information content (AvgIpc) is 2.69. The molecule has 0 saturated carbocycles. The summed E-state index contributed by atoms with van der Waals surface area (Å²) in [6.45, 7) is 0. The molecule has 1 heterocycles. The van der Waals surface area contributed by atoms with Crippen molar-refractivity contribution in [3.8, 4) is 0 Å². The maximum absolute atomic E-state index is 11.7. The molecule has 1 aromatic heterocycles. The molecule has 0 aliphatic rings. The molecule has 0 bridgehead atoms. The number of hydrogen-bond acceptors (Lipinski definition) is 4. The van der Waals surface area contributed by atoms with Crippen molar-refractivity contribution in [3.63, 3.8) is 0 Å². The number of halogens is 1. The van der Waals surface area contributed by atoms with Crippen LogP contribution in [0.15, 0.2) is 73.1 Å². The molecule has 27 heavy (non-hydrogen) atoms. The fraction of sp³-hybridized carbons (Fsp3) is 0.143. The molecule has 6 heteroatoms. The zero-order chi connectivity index (χ0) is 19.2. The fourth-order valence-electron chi connectivity index (χ4n) is 3.41. The molecule has 136 valence electrons. The minimum absolute atomic E-state index is 0.0203. The first-order valence-corrected chi connectivity index (χ1v) is 8.82. The molecular formula is C21H17ClN2O3. The van der Waals surface area contributed by atoms with Gasteiger partial charge in [0, 0.05) is 47.3 Å². The first-order valence-electron chi connectivity index (χ1n) is 8.44. The van der Waals surface area contributed by atoms with Gasteiger partial charge in [0.2, 0.25) is 0 Å². The largest absolute Gasteiger partial charge is 0.303 e. The quantitative estimate of drug-likeness (QED) is 0.323. The minimum Gasteiger partial charge on any atom is -0.303 e. The lowest BCUT2D eigenvalue weighted by molar-refractivity contribution is -0.385. The van der Waals surface area contributed by atoms with Gasteiger partial charge in [0.1, 0.15) is 6.29 Å². The van der Waals surface area contributed by atoms with E-state index >= 15 is 0 Å². The maximum atomic E-state index is 11.7. The second-order valence-corrected chi connectivity index (χ2v) is 6.57. The lowest BCUT2D eigenvalue weighted by Gasteiger charge is -2.27. The van der Waals surface area contributed by atoms with Gasteiger partial charge in [0.05, 0.1) is 4.92 Å². The smallest absolute Gasteiger partial charge is 0.273 e. The normalized spacial score (nSPS) is 12.9. The van der Waals surface area contributed by atoms with E-state index < -0.39 is 10.8 Å². The Balaban J connectivity index is 2.25. The van der Waals surface area contributed by atoms with Crippen molar-refractivity contribution >= 4 is 23.6 Å². The van der Waals surface area contributed by atoms with Crippen LogP contribution in [0.3, 0.4) is 0 Å². The Kier molecular flexibility index (Phi) is 5.94. The van der Waals surface area contributed by atoms with Gasteiger partial charge in [0.15, 0.2) is 0 Å². The van der Waals surface area contributed by atoms with Gasteiger partial charge in [-0.2, -0.15) is 0 Å². The summed E-state index contributed by atoms with van der Waals surface area (Å²) in [6.07, 6.45) is 4.35. The predicted molar refractivity (Wildman–Crippen MR) is 104 cm³/mol. The number of carbonyl (C=O) groups excluding carboxylic acids is 1. The van der Waals surface area contributed by atoms with Crippen molar-refractivity contribution in [2.24, 2.45) is 0 Å². The number of carbonyl (C=O) groups is 1. The van der Waals surface area contributed by atoms with E-state index in [0.29, 0.717) is 10.6 Å². The number of pyridine rings is 1. The van der Waals surface area contributed by atoms with Crippen LogP contribution in [0, 0.1) is 10.1 Å². The average molecular weight is 381 g/mol. The SMILES string of the molecule is O=CC[C@@H](c1ccccc1)[C@@H](c1ccncc1)c1cc(Cl)ccc1[N+](=O)[O-]. The van der Waals surface area contributed by atoms with Crippen LogP contribution >= 0.6 is 11.6 Å². The van der Waals surface area contributed by atoms with E-state index in [4.69, 9.17) is 11.6 Å². The van der Waals surface area contributed by atoms with Crippen LogP contribution < -0.4 is 0 Å². The van der Waals surface area contributed by atoms with E-state index in [1.807, 2.05) is 42.5 Å². The molecule has 3 rings (SSSR count). The Morgan fingerprint density at radius 1 is 1.04 bits per heavy atom. The van der Waals surface area contributed by atoms with E-state index in [9.17, 15) is 14.9 Å². The highest BCUT2D eigenvalue weighted by molar-refractivity contribution is 6.30. The summed E-state index contributed by atoms with van der Waals surface area (Å²) in [7, 11) is 0. The summed E-state index contributed by atoms with van der Waals surface area (Å²) >= 11 is 6.18. The number of benzene rings is 2. The zero-order valence-corrected chi connectivity index (χ0v) is 15.1. The van der Waals surface area contributed by atoms with E-state index in [2.05, 4.69) is 4.98 Å². The summed E-state index contributed by atoms with van der Waals surface area (Å²) in [4.78, 5) is 26.8. The third-order valence-electron chi connectivity index (χ3n) is 4.57. The Morgan fingerprint density at radius 3 is 2.37 bits per heavy atom. The molecule has 2 aromatic carbocycles. The van der Waals surface area contributed by atoms with E-state index in [1.165, 1.54) is 12.1 Å². The van der Waals surface area contributed by atoms with Gasteiger partial charge in [-0.05, 0) is 35.4 Å². The summed E-state index contributed by atoms with van der Waals surface area (Å²) < 4.78 is 0. The Bertz CT molecular complexity index is 933. The molecule has 0 saturated heterocycles. The molecule has 0 amide bonds. The third kappa shape index (κ3) is 4.20. The van der Waals surface area contributed by atoms with Gasteiger partial charge >= 0.3 is 0 Å². The molecule has 0 unspecified atom stereocenters. The van der Waals surface area contributed by atoms with Crippen LogP contribution in [0.4, 0.5) is 5.69 Å². The number of nitro benzene ring substituents is 1. The second-order valence-electron chi connectivity index (χ2n) is 6.14.